The van der Waals surface area contributed by atoms with Crippen LogP contribution in [0.3, 0.4) is 0 Å². The second-order valence-electron chi connectivity index (χ2n) is 5.79. The van der Waals surface area contributed by atoms with Crippen molar-refractivity contribution in [1.29, 1.82) is 0 Å². The average Bonchev–Trinajstić information content (AvgIpc) is 2.99. The predicted molar refractivity (Wildman–Crippen MR) is 81.8 cm³/mol. The van der Waals surface area contributed by atoms with E-state index >= 15 is 0 Å². The summed E-state index contributed by atoms with van der Waals surface area (Å²) in [6.45, 7) is 6.31. The van der Waals surface area contributed by atoms with Gasteiger partial charge in [-0.25, -0.2) is 0 Å². The van der Waals surface area contributed by atoms with Gasteiger partial charge in [-0.3, -0.25) is 4.79 Å². The maximum Gasteiger partial charge on any atom is 0.249 e. The molecule has 1 saturated heterocycles. The summed E-state index contributed by atoms with van der Waals surface area (Å²) in [6, 6.07) is 4.32. The highest BCUT2D eigenvalue weighted by molar-refractivity contribution is 5.99. The van der Waals surface area contributed by atoms with Crippen LogP contribution in [0, 0.1) is 0 Å². The first-order valence-electron chi connectivity index (χ1n) is 7.17. The standard InChI is InChI=1S/C16H21N3O/c1-9-7-13-12(16(17)20)3-4-14(15(13)10(9)2)19-11-5-6-18-8-11/h3-4,11,18-19H,5-8H2,1-2H3,(H2,17,20)/t11-/m1/s1. The van der Waals surface area contributed by atoms with Crippen LogP contribution in [0.5, 0.6) is 0 Å². The van der Waals surface area contributed by atoms with Gasteiger partial charge in [-0.2, -0.15) is 0 Å². The molecule has 1 amide bonds. The predicted octanol–water partition coefficient (Wildman–Crippen LogP) is 1.91. The molecule has 0 unspecified atom stereocenters. The molecule has 1 aromatic carbocycles. The van der Waals surface area contributed by atoms with Crippen molar-refractivity contribution in [1.82, 2.24) is 5.32 Å². The van der Waals surface area contributed by atoms with Gasteiger partial charge in [-0.1, -0.05) is 5.57 Å². The third-order valence-electron chi connectivity index (χ3n) is 4.46. The molecule has 0 aromatic heterocycles. The fourth-order valence-corrected chi connectivity index (χ4v) is 3.22. The molecule has 20 heavy (non-hydrogen) atoms. The summed E-state index contributed by atoms with van der Waals surface area (Å²) in [5.41, 5.74) is 12.2. The number of nitrogens with two attached hydrogens (primary N) is 1. The van der Waals surface area contributed by atoms with E-state index in [1.54, 1.807) is 0 Å². The Morgan fingerprint density at radius 3 is 2.85 bits per heavy atom. The maximum absolute atomic E-state index is 11.6. The van der Waals surface area contributed by atoms with Crippen molar-refractivity contribution in [3.05, 3.63) is 34.4 Å². The minimum absolute atomic E-state index is 0.335. The van der Waals surface area contributed by atoms with E-state index in [1.165, 1.54) is 16.7 Å². The molecule has 1 heterocycles. The van der Waals surface area contributed by atoms with Gasteiger partial charge in [0.15, 0.2) is 0 Å². The minimum Gasteiger partial charge on any atom is -0.380 e. The molecular weight excluding hydrogens is 250 g/mol. The van der Waals surface area contributed by atoms with Crippen LogP contribution >= 0.6 is 0 Å². The van der Waals surface area contributed by atoms with Crippen molar-refractivity contribution in [2.45, 2.75) is 32.7 Å². The van der Waals surface area contributed by atoms with Crippen LogP contribution in [0.4, 0.5) is 5.69 Å². The molecule has 3 rings (SSSR count). The molecule has 0 spiro atoms. The van der Waals surface area contributed by atoms with Crippen LogP contribution < -0.4 is 16.4 Å². The van der Waals surface area contributed by atoms with Gasteiger partial charge in [-0.15, -0.1) is 0 Å². The summed E-state index contributed by atoms with van der Waals surface area (Å²) in [6.07, 6.45) is 1.96. The molecule has 1 aliphatic heterocycles. The first-order valence-corrected chi connectivity index (χ1v) is 7.17. The van der Waals surface area contributed by atoms with E-state index in [2.05, 4.69) is 24.5 Å². The van der Waals surface area contributed by atoms with Crippen molar-refractivity contribution in [2.75, 3.05) is 18.4 Å². The van der Waals surface area contributed by atoms with Crippen LogP contribution in [0.25, 0.3) is 5.57 Å². The number of anilines is 1. The highest BCUT2D eigenvalue weighted by Gasteiger charge is 2.25. The number of carbonyl (C=O) groups is 1. The average molecular weight is 271 g/mol. The highest BCUT2D eigenvalue weighted by Crippen LogP contribution is 2.39. The molecule has 4 heteroatoms. The second kappa shape index (κ2) is 4.94. The molecular formula is C16H21N3O. The summed E-state index contributed by atoms with van der Waals surface area (Å²) in [4.78, 5) is 11.6. The monoisotopic (exact) mass is 271 g/mol. The van der Waals surface area contributed by atoms with Gasteiger partial charge in [0.05, 0.1) is 0 Å². The topological polar surface area (TPSA) is 67.2 Å². The molecule has 1 fully saturated rings. The molecule has 0 saturated carbocycles. The van der Waals surface area contributed by atoms with E-state index in [-0.39, 0.29) is 5.91 Å². The zero-order chi connectivity index (χ0) is 14.3. The molecule has 4 nitrogen and oxygen atoms in total. The second-order valence-corrected chi connectivity index (χ2v) is 5.79. The lowest BCUT2D eigenvalue weighted by Gasteiger charge is -2.18. The van der Waals surface area contributed by atoms with E-state index in [1.807, 2.05) is 12.1 Å². The van der Waals surface area contributed by atoms with Crippen molar-refractivity contribution in [2.24, 2.45) is 5.73 Å². The third-order valence-corrected chi connectivity index (χ3v) is 4.46. The van der Waals surface area contributed by atoms with Crippen LogP contribution in [0.1, 0.15) is 41.8 Å². The highest BCUT2D eigenvalue weighted by atomic mass is 16.1. The number of primary amides is 1. The van der Waals surface area contributed by atoms with E-state index in [9.17, 15) is 4.79 Å². The fourth-order valence-electron chi connectivity index (χ4n) is 3.22. The quantitative estimate of drug-likeness (QED) is 0.786. The number of hydrogen-bond donors (Lipinski definition) is 3. The van der Waals surface area contributed by atoms with Gasteiger partial charge in [-0.05, 0) is 56.5 Å². The van der Waals surface area contributed by atoms with Gasteiger partial charge in [0.25, 0.3) is 0 Å². The minimum atomic E-state index is -0.335. The van der Waals surface area contributed by atoms with Gasteiger partial charge in [0, 0.05) is 29.4 Å². The SMILES string of the molecule is CC1=C(C)c2c(N[C@@H]3CCNC3)ccc(C(N)=O)c2C1. The molecule has 2 aliphatic rings. The zero-order valence-electron chi connectivity index (χ0n) is 12.0. The van der Waals surface area contributed by atoms with Crippen LogP contribution in [-0.2, 0) is 6.42 Å². The Balaban J connectivity index is 2.03. The Morgan fingerprint density at radius 2 is 2.20 bits per heavy atom. The van der Waals surface area contributed by atoms with E-state index in [4.69, 9.17) is 5.73 Å². The largest absolute Gasteiger partial charge is 0.380 e. The molecule has 1 atom stereocenters. The molecule has 1 aromatic rings. The Kier molecular flexibility index (Phi) is 3.26. The first kappa shape index (κ1) is 13.2. The lowest BCUT2D eigenvalue weighted by atomic mass is 9.97. The number of carbonyl (C=O) groups excluding carboxylic acids is 1. The van der Waals surface area contributed by atoms with Gasteiger partial charge in [0.1, 0.15) is 0 Å². The van der Waals surface area contributed by atoms with Crippen molar-refractivity contribution >= 4 is 17.2 Å². The van der Waals surface area contributed by atoms with Crippen LogP contribution in [0.2, 0.25) is 0 Å². The molecule has 1 aliphatic carbocycles. The van der Waals surface area contributed by atoms with Gasteiger partial charge < -0.3 is 16.4 Å². The summed E-state index contributed by atoms with van der Waals surface area (Å²) < 4.78 is 0. The van der Waals surface area contributed by atoms with Gasteiger partial charge >= 0.3 is 0 Å². The number of allylic oxidation sites excluding steroid dienone is 2. The fraction of sp³-hybridized carbons (Fsp3) is 0.438. The van der Waals surface area contributed by atoms with Gasteiger partial charge in [0.2, 0.25) is 5.91 Å². The number of fused-ring (bicyclic) bond motifs is 1. The van der Waals surface area contributed by atoms with E-state index < -0.39 is 0 Å². The third kappa shape index (κ3) is 2.10. The smallest absolute Gasteiger partial charge is 0.249 e. The number of hydrogen-bond acceptors (Lipinski definition) is 3. The summed E-state index contributed by atoms with van der Waals surface area (Å²) in [5, 5.41) is 6.97. The van der Waals surface area contributed by atoms with Crippen LogP contribution in [-0.4, -0.2) is 25.0 Å². The number of nitrogens with one attached hydrogen (secondary N) is 2. The maximum atomic E-state index is 11.6. The Morgan fingerprint density at radius 1 is 1.40 bits per heavy atom. The van der Waals surface area contributed by atoms with Crippen molar-refractivity contribution in [3.63, 3.8) is 0 Å². The molecule has 0 radical (unpaired) electrons. The van der Waals surface area contributed by atoms with Crippen molar-refractivity contribution in [3.8, 4) is 0 Å². The molecule has 4 N–H and O–H groups in total. The summed E-state index contributed by atoms with van der Waals surface area (Å²) >= 11 is 0. The number of amides is 1. The Hall–Kier alpha value is -1.81. The van der Waals surface area contributed by atoms with E-state index in [0.717, 1.165) is 37.2 Å². The molecule has 0 bridgehead atoms. The summed E-state index contributed by atoms with van der Waals surface area (Å²) in [7, 11) is 0. The lowest BCUT2D eigenvalue weighted by molar-refractivity contribution is 0.0999. The first-order chi connectivity index (χ1) is 9.58. The Labute approximate surface area is 119 Å². The number of benzene rings is 1. The summed E-state index contributed by atoms with van der Waals surface area (Å²) in [5.74, 6) is -0.335. The van der Waals surface area contributed by atoms with E-state index in [0.29, 0.717) is 11.6 Å². The Bertz CT molecular complexity index is 598. The molecule has 106 valence electrons. The van der Waals surface area contributed by atoms with Crippen molar-refractivity contribution < 1.29 is 4.79 Å². The van der Waals surface area contributed by atoms with Crippen LogP contribution in [0.15, 0.2) is 17.7 Å². The zero-order valence-corrected chi connectivity index (χ0v) is 12.0. The lowest BCUT2D eigenvalue weighted by Crippen LogP contribution is -2.23. The number of rotatable bonds is 3. The normalized spacial score (nSPS) is 21.2.